The lowest BCUT2D eigenvalue weighted by Crippen LogP contribution is -2.42. The van der Waals surface area contributed by atoms with Crippen molar-refractivity contribution in [3.8, 4) is 5.75 Å². The molecule has 2 rings (SSSR count). The van der Waals surface area contributed by atoms with E-state index in [2.05, 4.69) is 4.98 Å². The van der Waals surface area contributed by atoms with Gasteiger partial charge < -0.3 is 9.64 Å². The summed E-state index contributed by atoms with van der Waals surface area (Å²) in [6, 6.07) is 10.6. The third kappa shape index (κ3) is 5.96. The van der Waals surface area contributed by atoms with Crippen molar-refractivity contribution in [2.75, 3.05) is 37.3 Å². The van der Waals surface area contributed by atoms with Crippen LogP contribution >= 0.6 is 0 Å². The molecule has 1 amide bonds. The molecule has 0 saturated heterocycles. The Labute approximate surface area is 160 Å². The number of amides is 1. The van der Waals surface area contributed by atoms with Crippen molar-refractivity contribution in [1.82, 2.24) is 9.88 Å². The van der Waals surface area contributed by atoms with Gasteiger partial charge in [-0.25, -0.2) is 8.42 Å². The van der Waals surface area contributed by atoms with Crippen LogP contribution in [-0.4, -0.2) is 57.2 Å². The summed E-state index contributed by atoms with van der Waals surface area (Å²) in [6.07, 6.45) is 5.15. The number of rotatable bonds is 9. The zero-order valence-electron chi connectivity index (χ0n) is 15.8. The van der Waals surface area contributed by atoms with Crippen LogP contribution in [0.3, 0.4) is 0 Å². The lowest BCUT2D eigenvalue weighted by Gasteiger charge is -2.26. The van der Waals surface area contributed by atoms with Gasteiger partial charge in [-0.05, 0) is 43.2 Å². The van der Waals surface area contributed by atoms with E-state index in [0.717, 1.165) is 16.1 Å². The molecule has 146 valence electrons. The van der Waals surface area contributed by atoms with E-state index in [0.29, 0.717) is 31.0 Å². The fraction of sp³-hybridized carbons (Fsp3) is 0.368. The number of hydrogen-bond acceptors (Lipinski definition) is 5. The van der Waals surface area contributed by atoms with Crippen LogP contribution in [0, 0.1) is 0 Å². The number of carbonyl (C=O) groups excluding carboxylic acids is 1. The van der Waals surface area contributed by atoms with Gasteiger partial charge in [-0.2, -0.15) is 0 Å². The summed E-state index contributed by atoms with van der Waals surface area (Å²) in [6.45, 7) is 2.41. The highest BCUT2D eigenvalue weighted by Crippen LogP contribution is 2.29. The first-order valence-electron chi connectivity index (χ1n) is 8.65. The second-order valence-electron chi connectivity index (χ2n) is 6.09. The standard InChI is InChI=1S/C19H25N3O4S/c1-4-26-18-8-6-5-7-17(18)22(27(3,24)25)15-19(23)21(2)14-11-16-9-12-20-13-10-16/h5-10,12-13H,4,11,14-15H2,1-3H3. The first-order valence-corrected chi connectivity index (χ1v) is 10.5. The number of carbonyl (C=O) groups is 1. The minimum absolute atomic E-state index is 0.282. The summed E-state index contributed by atoms with van der Waals surface area (Å²) in [5, 5.41) is 0. The molecule has 0 atom stereocenters. The number of benzene rings is 1. The average Bonchev–Trinajstić information content (AvgIpc) is 2.65. The van der Waals surface area contributed by atoms with Crippen molar-refractivity contribution < 1.29 is 17.9 Å². The molecule has 1 heterocycles. The Balaban J connectivity index is 2.13. The Morgan fingerprint density at radius 1 is 1.15 bits per heavy atom. The Bertz CT molecular complexity index is 856. The molecule has 0 fully saturated rings. The van der Waals surface area contributed by atoms with Crippen molar-refractivity contribution in [3.05, 3.63) is 54.4 Å². The number of aromatic nitrogens is 1. The molecule has 7 nitrogen and oxygen atoms in total. The summed E-state index contributed by atoms with van der Waals surface area (Å²) in [5.74, 6) is 0.137. The summed E-state index contributed by atoms with van der Waals surface area (Å²) >= 11 is 0. The van der Waals surface area contributed by atoms with Crippen molar-refractivity contribution in [2.45, 2.75) is 13.3 Å². The van der Waals surface area contributed by atoms with Gasteiger partial charge in [0.1, 0.15) is 12.3 Å². The molecule has 0 aliphatic carbocycles. The van der Waals surface area contributed by atoms with Gasteiger partial charge in [0, 0.05) is 26.0 Å². The van der Waals surface area contributed by atoms with Crippen LogP contribution in [0.1, 0.15) is 12.5 Å². The van der Waals surface area contributed by atoms with E-state index in [-0.39, 0.29) is 12.5 Å². The van der Waals surface area contributed by atoms with E-state index < -0.39 is 10.0 Å². The molecule has 27 heavy (non-hydrogen) atoms. The van der Waals surface area contributed by atoms with E-state index in [4.69, 9.17) is 4.74 Å². The molecule has 0 spiro atoms. The minimum atomic E-state index is -3.66. The summed E-state index contributed by atoms with van der Waals surface area (Å²) in [7, 11) is -1.99. The van der Waals surface area contributed by atoms with Crippen LogP contribution in [0.2, 0.25) is 0 Å². The maximum atomic E-state index is 12.6. The predicted octanol–water partition coefficient (Wildman–Crippen LogP) is 1.95. The first kappa shape index (κ1) is 20.7. The van der Waals surface area contributed by atoms with Crippen LogP contribution in [0.5, 0.6) is 5.75 Å². The second kappa shape index (κ2) is 9.36. The molecule has 1 aromatic carbocycles. The van der Waals surface area contributed by atoms with E-state index in [1.54, 1.807) is 43.7 Å². The smallest absolute Gasteiger partial charge is 0.243 e. The number of ether oxygens (including phenoxy) is 1. The number of para-hydroxylation sites is 2. The van der Waals surface area contributed by atoms with Gasteiger partial charge in [-0.1, -0.05) is 12.1 Å². The van der Waals surface area contributed by atoms with Gasteiger partial charge in [-0.3, -0.25) is 14.1 Å². The number of pyridine rings is 1. The number of nitrogens with zero attached hydrogens (tertiary/aromatic N) is 3. The van der Waals surface area contributed by atoms with Crippen LogP contribution in [0.15, 0.2) is 48.8 Å². The van der Waals surface area contributed by atoms with Gasteiger partial charge in [0.2, 0.25) is 15.9 Å². The minimum Gasteiger partial charge on any atom is -0.492 e. The monoisotopic (exact) mass is 391 g/mol. The highest BCUT2D eigenvalue weighted by molar-refractivity contribution is 7.92. The highest BCUT2D eigenvalue weighted by Gasteiger charge is 2.25. The third-order valence-electron chi connectivity index (χ3n) is 4.02. The molecule has 8 heteroatoms. The van der Waals surface area contributed by atoms with Crippen molar-refractivity contribution in [1.29, 1.82) is 0 Å². The SMILES string of the molecule is CCOc1ccccc1N(CC(=O)N(C)CCc1ccncc1)S(C)(=O)=O. The van der Waals surface area contributed by atoms with Crippen molar-refractivity contribution in [2.24, 2.45) is 0 Å². The van der Waals surface area contributed by atoms with Crippen LogP contribution in [-0.2, 0) is 21.2 Å². The zero-order chi connectivity index (χ0) is 19.9. The molecule has 0 bridgehead atoms. The molecular formula is C19H25N3O4S. The molecule has 2 aromatic rings. The Morgan fingerprint density at radius 2 is 1.81 bits per heavy atom. The molecule has 0 aliphatic heterocycles. The quantitative estimate of drug-likeness (QED) is 0.653. The fourth-order valence-corrected chi connectivity index (χ4v) is 3.39. The Morgan fingerprint density at radius 3 is 2.44 bits per heavy atom. The molecule has 0 aliphatic rings. The van der Waals surface area contributed by atoms with Crippen LogP contribution in [0.4, 0.5) is 5.69 Å². The predicted molar refractivity (Wildman–Crippen MR) is 105 cm³/mol. The number of sulfonamides is 1. The fourth-order valence-electron chi connectivity index (χ4n) is 2.54. The number of hydrogen-bond donors (Lipinski definition) is 0. The lowest BCUT2D eigenvalue weighted by molar-refractivity contribution is -0.128. The summed E-state index contributed by atoms with van der Waals surface area (Å²) in [5.41, 5.74) is 1.42. The van der Waals surface area contributed by atoms with Gasteiger partial charge in [-0.15, -0.1) is 0 Å². The van der Waals surface area contributed by atoms with E-state index in [1.807, 2.05) is 19.1 Å². The average molecular weight is 391 g/mol. The largest absolute Gasteiger partial charge is 0.492 e. The highest BCUT2D eigenvalue weighted by atomic mass is 32.2. The maximum absolute atomic E-state index is 12.6. The summed E-state index contributed by atoms with van der Waals surface area (Å²) < 4.78 is 31.2. The van der Waals surface area contributed by atoms with Gasteiger partial charge in [0.15, 0.2) is 0 Å². The van der Waals surface area contributed by atoms with Crippen molar-refractivity contribution in [3.63, 3.8) is 0 Å². The van der Waals surface area contributed by atoms with Crippen LogP contribution < -0.4 is 9.04 Å². The lowest BCUT2D eigenvalue weighted by atomic mass is 10.2. The van der Waals surface area contributed by atoms with E-state index >= 15 is 0 Å². The first-order chi connectivity index (χ1) is 12.8. The maximum Gasteiger partial charge on any atom is 0.243 e. The van der Waals surface area contributed by atoms with Gasteiger partial charge in [0.05, 0.1) is 18.6 Å². The molecule has 0 N–H and O–H groups in total. The van der Waals surface area contributed by atoms with E-state index in [1.165, 1.54) is 4.90 Å². The molecule has 0 unspecified atom stereocenters. The van der Waals surface area contributed by atoms with E-state index in [9.17, 15) is 13.2 Å². The molecule has 0 radical (unpaired) electrons. The molecular weight excluding hydrogens is 366 g/mol. The normalized spacial score (nSPS) is 11.1. The third-order valence-corrected chi connectivity index (χ3v) is 5.15. The van der Waals surface area contributed by atoms with Gasteiger partial charge in [0.25, 0.3) is 0 Å². The number of likely N-dealkylation sites (N-methyl/N-ethyl adjacent to an activating group) is 1. The second-order valence-corrected chi connectivity index (χ2v) is 8.00. The topological polar surface area (TPSA) is 79.8 Å². The zero-order valence-corrected chi connectivity index (χ0v) is 16.6. The van der Waals surface area contributed by atoms with Crippen molar-refractivity contribution >= 4 is 21.6 Å². The Kier molecular flexibility index (Phi) is 7.18. The Hall–Kier alpha value is -2.61. The number of anilines is 1. The molecule has 0 saturated carbocycles. The molecule has 1 aromatic heterocycles. The van der Waals surface area contributed by atoms with Gasteiger partial charge >= 0.3 is 0 Å². The van der Waals surface area contributed by atoms with Crippen LogP contribution in [0.25, 0.3) is 0 Å². The summed E-state index contributed by atoms with van der Waals surface area (Å²) in [4.78, 5) is 18.1.